The topological polar surface area (TPSA) is 32.8 Å². The lowest BCUT2D eigenvalue weighted by atomic mass is 9.76. The first-order valence-electron chi connectivity index (χ1n) is 9.99. The van der Waals surface area contributed by atoms with Crippen LogP contribution in [0.5, 0.6) is 0 Å². The van der Waals surface area contributed by atoms with E-state index in [9.17, 15) is 4.79 Å². The average Bonchev–Trinajstić information content (AvgIpc) is 3.09. The van der Waals surface area contributed by atoms with Crippen LogP contribution >= 0.6 is 0 Å². The van der Waals surface area contributed by atoms with Crippen LogP contribution in [0.15, 0.2) is 54.6 Å². The van der Waals surface area contributed by atoms with Crippen molar-refractivity contribution in [2.75, 3.05) is 19.6 Å². The molecule has 2 atom stereocenters. The fraction of sp³-hybridized carbons (Fsp3) is 0.435. The lowest BCUT2D eigenvalue weighted by molar-refractivity contribution is -0.112. The van der Waals surface area contributed by atoms with Crippen molar-refractivity contribution in [2.24, 2.45) is 5.92 Å². The van der Waals surface area contributed by atoms with E-state index in [-0.39, 0.29) is 17.7 Å². The van der Waals surface area contributed by atoms with Gasteiger partial charge in [-0.25, -0.2) is 4.79 Å². The predicted octanol–water partition coefficient (Wildman–Crippen LogP) is 4.21. The van der Waals surface area contributed by atoms with Gasteiger partial charge < -0.3 is 4.74 Å². The Morgan fingerprint density at radius 2 is 1.74 bits per heavy atom. The van der Waals surface area contributed by atoms with Crippen LogP contribution in [0.1, 0.15) is 42.5 Å². The van der Waals surface area contributed by atoms with Crippen LogP contribution in [0.3, 0.4) is 0 Å². The van der Waals surface area contributed by atoms with E-state index >= 15 is 0 Å². The molecule has 0 radical (unpaired) electrons. The number of piperidine rings is 3. The van der Waals surface area contributed by atoms with Crippen LogP contribution in [0.2, 0.25) is 0 Å². The van der Waals surface area contributed by atoms with Gasteiger partial charge in [-0.05, 0) is 49.5 Å². The maximum Gasteiger partial charge on any atom is 0.411 e. The summed E-state index contributed by atoms with van der Waals surface area (Å²) in [6.45, 7) is 5.88. The van der Waals surface area contributed by atoms with Crippen molar-refractivity contribution >= 4 is 6.09 Å². The molecule has 2 unspecified atom stereocenters. The molecular weight excluding hydrogens is 336 g/mol. The maximum atomic E-state index is 13.3. The molecule has 4 aliphatic heterocycles. The zero-order valence-corrected chi connectivity index (χ0v) is 15.8. The molecule has 2 aromatic carbocycles. The normalized spacial score (nSPS) is 31.6. The van der Waals surface area contributed by atoms with Crippen molar-refractivity contribution in [3.05, 3.63) is 71.3 Å². The van der Waals surface area contributed by atoms with Gasteiger partial charge in [-0.15, -0.1) is 0 Å². The Morgan fingerprint density at radius 3 is 2.44 bits per heavy atom. The van der Waals surface area contributed by atoms with Gasteiger partial charge in [0.1, 0.15) is 5.60 Å². The van der Waals surface area contributed by atoms with E-state index in [0.29, 0.717) is 12.5 Å². The van der Waals surface area contributed by atoms with Gasteiger partial charge in [0.05, 0.1) is 12.6 Å². The van der Waals surface area contributed by atoms with Crippen LogP contribution in [-0.4, -0.2) is 41.1 Å². The molecule has 4 heteroatoms. The summed E-state index contributed by atoms with van der Waals surface area (Å²) in [6.07, 6.45) is 2.08. The highest BCUT2D eigenvalue weighted by Gasteiger charge is 2.48. The second-order valence-corrected chi connectivity index (χ2v) is 8.37. The molecule has 2 aromatic rings. The Balaban J connectivity index is 1.44. The number of ether oxygens (including phenoxy) is 1. The average molecular weight is 362 g/mol. The molecule has 6 rings (SSSR count). The van der Waals surface area contributed by atoms with E-state index in [1.54, 1.807) is 0 Å². The molecule has 140 valence electrons. The third-order valence-electron chi connectivity index (χ3n) is 6.66. The molecule has 0 aromatic heterocycles. The molecule has 3 fully saturated rings. The number of carbonyl (C=O) groups excluding carboxylic acids is 1. The number of carbonyl (C=O) groups is 1. The third kappa shape index (κ3) is 2.83. The highest BCUT2D eigenvalue weighted by Crippen LogP contribution is 2.42. The van der Waals surface area contributed by atoms with Crippen LogP contribution in [0.4, 0.5) is 4.79 Å². The van der Waals surface area contributed by atoms with Crippen molar-refractivity contribution in [1.29, 1.82) is 0 Å². The molecule has 4 aliphatic rings. The van der Waals surface area contributed by atoms with E-state index < -0.39 is 0 Å². The molecule has 0 N–H and O–H groups in total. The first kappa shape index (κ1) is 16.8. The summed E-state index contributed by atoms with van der Waals surface area (Å²) in [5, 5.41) is 0. The number of rotatable bonds is 2. The van der Waals surface area contributed by atoms with Gasteiger partial charge in [0.2, 0.25) is 0 Å². The lowest BCUT2D eigenvalue weighted by Gasteiger charge is -2.51. The zero-order chi connectivity index (χ0) is 18.4. The van der Waals surface area contributed by atoms with Crippen LogP contribution in [0.25, 0.3) is 0 Å². The van der Waals surface area contributed by atoms with Crippen molar-refractivity contribution in [3.8, 4) is 0 Å². The molecule has 4 heterocycles. The van der Waals surface area contributed by atoms with Gasteiger partial charge in [-0.2, -0.15) is 0 Å². The van der Waals surface area contributed by atoms with Crippen LogP contribution in [0, 0.1) is 5.92 Å². The van der Waals surface area contributed by atoms with E-state index in [4.69, 9.17) is 4.74 Å². The summed E-state index contributed by atoms with van der Waals surface area (Å²) < 4.78 is 6.22. The second-order valence-electron chi connectivity index (χ2n) is 8.37. The van der Waals surface area contributed by atoms with Gasteiger partial charge in [-0.3, -0.25) is 9.80 Å². The molecule has 0 spiro atoms. The largest absolute Gasteiger partial charge is 0.441 e. The summed E-state index contributed by atoms with van der Waals surface area (Å²) in [7, 11) is 0. The number of fused-ring (bicyclic) bond motifs is 4. The lowest BCUT2D eigenvalue weighted by Crippen LogP contribution is -2.60. The molecule has 4 nitrogen and oxygen atoms in total. The SMILES string of the molecule is CC1(OC(=O)N2Cc3ccccc3C2c2ccccc2)CN2CCC1CC2. The molecule has 27 heavy (non-hydrogen) atoms. The van der Waals surface area contributed by atoms with Gasteiger partial charge in [0.25, 0.3) is 0 Å². The molecule has 1 amide bonds. The van der Waals surface area contributed by atoms with E-state index in [1.165, 1.54) is 11.1 Å². The minimum Gasteiger partial charge on any atom is -0.441 e. The van der Waals surface area contributed by atoms with Gasteiger partial charge in [-0.1, -0.05) is 54.6 Å². The minimum absolute atomic E-state index is 0.0698. The monoisotopic (exact) mass is 362 g/mol. The Labute approximate surface area is 160 Å². The van der Waals surface area contributed by atoms with Crippen LogP contribution < -0.4 is 0 Å². The smallest absolute Gasteiger partial charge is 0.411 e. The Kier molecular flexibility index (Phi) is 3.97. The molecule has 0 saturated carbocycles. The fourth-order valence-electron chi connectivity index (χ4n) is 5.20. The van der Waals surface area contributed by atoms with Crippen molar-refractivity contribution in [1.82, 2.24) is 9.80 Å². The van der Waals surface area contributed by atoms with Gasteiger partial charge in [0, 0.05) is 12.5 Å². The number of hydrogen-bond acceptors (Lipinski definition) is 3. The van der Waals surface area contributed by atoms with Gasteiger partial charge in [0.15, 0.2) is 0 Å². The Bertz CT molecular complexity index is 844. The quantitative estimate of drug-likeness (QED) is 0.802. The highest BCUT2D eigenvalue weighted by atomic mass is 16.6. The molecule has 0 aliphatic carbocycles. The summed E-state index contributed by atoms with van der Waals surface area (Å²) >= 11 is 0. The van der Waals surface area contributed by atoms with E-state index in [1.807, 2.05) is 29.2 Å². The second kappa shape index (κ2) is 6.38. The Morgan fingerprint density at radius 1 is 1.04 bits per heavy atom. The molecular formula is C23H26N2O2. The van der Waals surface area contributed by atoms with Crippen molar-refractivity contribution < 1.29 is 9.53 Å². The van der Waals surface area contributed by atoms with Gasteiger partial charge >= 0.3 is 6.09 Å². The Hall–Kier alpha value is -2.33. The molecule has 2 bridgehead atoms. The predicted molar refractivity (Wildman–Crippen MR) is 104 cm³/mol. The van der Waals surface area contributed by atoms with E-state index in [0.717, 1.165) is 38.0 Å². The number of benzene rings is 2. The van der Waals surface area contributed by atoms with Crippen molar-refractivity contribution in [3.63, 3.8) is 0 Å². The summed E-state index contributed by atoms with van der Waals surface area (Å²) in [5.41, 5.74) is 3.18. The first-order valence-corrected chi connectivity index (χ1v) is 9.99. The number of amides is 1. The molecule has 3 saturated heterocycles. The van der Waals surface area contributed by atoms with Crippen molar-refractivity contribution in [2.45, 2.75) is 38.0 Å². The minimum atomic E-state index is -0.371. The fourth-order valence-corrected chi connectivity index (χ4v) is 5.20. The summed E-state index contributed by atoms with van der Waals surface area (Å²) in [5.74, 6) is 0.478. The van der Waals surface area contributed by atoms with Crippen LogP contribution in [-0.2, 0) is 11.3 Å². The number of hydrogen-bond donors (Lipinski definition) is 0. The summed E-state index contributed by atoms with van der Waals surface area (Å²) in [4.78, 5) is 17.7. The highest BCUT2D eigenvalue weighted by molar-refractivity contribution is 5.71. The van der Waals surface area contributed by atoms with E-state index in [2.05, 4.69) is 42.2 Å². The maximum absolute atomic E-state index is 13.3. The number of nitrogens with zero attached hydrogens (tertiary/aromatic N) is 2. The zero-order valence-electron chi connectivity index (χ0n) is 15.8. The standard InChI is InChI=1S/C23H26N2O2/c1-23(16-24-13-11-19(23)12-14-24)27-22(26)25-15-18-9-5-6-10-20(18)21(25)17-7-3-2-4-8-17/h2-10,19,21H,11-16H2,1H3. The first-order chi connectivity index (χ1) is 13.1. The summed E-state index contributed by atoms with van der Waals surface area (Å²) in [6, 6.07) is 18.6. The third-order valence-corrected chi connectivity index (χ3v) is 6.66.